The fourth-order valence-corrected chi connectivity index (χ4v) is 3.04. The van der Waals surface area contributed by atoms with Crippen LogP contribution in [0.5, 0.6) is 0 Å². The van der Waals surface area contributed by atoms with Crippen molar-refractivity contribution in [2.75, 3.05) is 0 Å². The number of hydrazone groups is 1. The highest BCUT2D eigenvalue weighted by Gasteiger charge is 2.30. The number of allylic oxidation sites excluding steroid dienone is 1. The summed E-state index contributed by atoms with van der Waals surface area (Å²) < 4.78 is 0. The summed E-state index contributed by atoms with van der Waals surface area (Å²) in [6.07, 6.45) is 6.43. The molecule has 1 unspecified atom stereocenters. The molecule has 7 nitrogen and oxygen atoms in total. The molecule has 27 heavy (non-hydrogen) atoms. The topological polar surface area (TPSA) is 96.8 Å². The highest BCUT2D eigenvalue weighted by Crippen LogP contribution is 2.28. The Labute approximate surface area is 166 Å². The molecule has 0 aliphatic carbocycles. The van der Waals surface area contributed by atoms with Crippen molar-refractivity contribution < 1.29 is 4.79 Å². The van der Waals surface area contributed by atoms with Crippen LogP contribution in [0.15, 0.2) is 53.0 Å². The van der Waals surface area contributed by atoms with Crippen LogP contribution in [0, 0.1) is 6.92 Å². The van der Waals surface area contributed by atoms with Crippen molar-refractivity contribution in [3.8, 4) is 0 Å². The van der Waals surface area contributed by atoms with E-state index in [0.717, 1.165) is 5.69 Å². The van der Waals surface area contributed by atoms with Gasteiger partial charge in [-0.2, -0.15) is 5.10 Å². The number of nitrogens with zero attached hydrogens (tertiary/aromatic N) is 5. The second kappa shape index (κ2) is 7.85. The first-order chi connectivity index (χ1) is 12.9. The quantitative estimate of drug-likeness (QED) is 0.613. The van der Waals surface area contributed by atoms with E-state index in [1.54, 1.807) is 43.6 Å². The number of hydrogen-bond acceptors (Lipinski definition) is 6. The number of rotatable bonds is 2. The number of carbonyl (C=O) groups is 1. The zero-order valence-corrected chi connectivity index (χ0v) is 16.1. The number of aliphatic imine (C=N–C) groups is 1. The summed E-state index contributed by atoms with van der Waals surface area (Å²) in [5, 5.41) is 4.34. The summed E-state index contributed by atoms with van der Waals surface area (Å²) in [6, 6.07) is 4.44. The van der Waals surface area contributed by atoms with Crippen LogP contribution >= 0.6 is 23.2 Å². The molecule has 9 heteroatoms. The van der Waals surface area contributed by atoms with Crippen molar-refractivity contribution in [1.82, 2.24) is 14.9 Å². The van der Waals surface area contributed by atoms with E-state index in [4.69, 9.17) is 29.0 Å². The Hall–Kier alpha value is -2.77. The van der Waals surface area contributed by atoms with Crippen LogP contribution < -0.4 is 5.84 Å². The highest BCUT2D eigenvalue weighted by atomic mass is 35.5. The van der Waals surface area contributed by atoms with Gasteiger partial charge in [0.15, 0.2) is 5.82 Å². The monoisotopic (exact) mass is 402 g/mol. The maximum atomic E-state index is 12.9. The van der Waals surface area contributed by atoms with Gasteiger partial charge in [0.25, 0.3) is 5.91 Å². The minimum absolute atomic E-state index is 0.200. The van der Waals surface area contributed by atoms with E-state index in [-0.39, 0.29) is 10.9 Å². The lowest BCUT2D eigenvalue weighted by molar-refractivity contribution is 0.0808. The maximum Gasteiger partial charge on any atom is 0.259 e. The van der Waals surface area contributed by atoms with Crippen molar-refractivity contribution in [3.63, 3.8) is 0 Å². The molecule has 0 bridgehead atoms. The fraction of sp³-hybridized carbons (Fsp3) is 0.167. The van der Waals surface area contributed by atoms with Crippen LogP contribution in [0.25, 0.3) is 0 Å². The van der Waals surface area contributed by atoms with Crippen molar-refractivity contribution in [3.05, 3.63) is 64.2 Å². The maximum absolute atomic E-state index is 12.9. The highest BCUT2D eigenvalue weighted by molar-refractivity contribution is 6.49. The molecule has 1 aromatic carbocycles. The molecule has 0 saturated heterocycles. The SMILES string of the molecule is Cc1cncc(N=C2C=CN(C(=O)c3cccc(Cl)c3Cl)C(C)C2=NN)n1. The smallest absolute Gasteiger partial charge is 0.259 e. The van der Waals surface area contributed by atoms with Crippen LogP contribution in [0.4, 0.5) is 5.82 Å². The van der Waals surface area contributed by atoms with Gasteiger partial charge in [-0.1, -0.05) is 29.3 Å². The van der Waals surface area contributed by atoms with E-state index in [9.17, 15) is 4.79 Å². The summed E-state index contributed by atoms with van der Waals surface area (Å²) in [5.74, 6) is 5.69. The second-order valence-corrected chi connectivity index (χ2v) is 6.62. The number of hydrogen-bond donors (Lipinski definition) is 1. The molecule has 1 aromatic heterocycles. The summed E-state index contributed by atoms with van der Waals surface area (Å²) in [4.78, 5) is 27.2. The van der Waals surface area contributed by atoms with Gasteiger partial charge >= 0.3 is 0 Å². The lowest BCUT2D eigenvalue weighted by Crippen LogP contribution is -2.46. The van der Waals surface area contributed by atoms with Gasteiger partial charge in [-0.3, -0.25) is 9.78 Å². The number of aromatic nitrogens is 2. The summed E-state index contributed by atoms with van der Waals surface area (Å²) in [7, 11) is 0. The third kappa shape index (κ3) is 3.84. The number of amides is 1. The molecule has 1 aliphatic heterocycles. The molecule has 1 aliphatic rings. The van der Waals surface area contributed by atoms with Crippen LogP contribution in [-0.2, 0) is 0 Å². The molecule has 2 N–H and O–H groups in total. The zero-order valence-electron chi connectivity index (χ0n) is 14.6. The van der Waals surface area contributed by atoms with Gasteiger partial charge in [0.2, 0.25) is 0 Å². The number of aryl methyl sites for hydroxylation is 1. The largest absolute Gasteiger partial charge is 0.323 e. The molecule has 0 radical (unpaired) electrons. The Morgan fingerprint density at radius 2 is 2.07 bits per heavy atom. The van der Waals surface area contributed by atoms with Crippen molar-refractivity contribution in [2.24, 2.45) is 15.9 Å². The molecule has 2 heterocycles. The van der Waals surface area contributed by atoms with Gasteiger partial charge in [-0.15, -0.1) is 0 Å². The molecule has 3 rings (SSSR count). The first-order valence-corrected chi connectivity index (χ1v) is 8.78. The second-order valence-electron chi connectivity index (χ2n) is 5.84. The van der Waals surface area contributed by atoms with Gasteiger partial charge in [0, 0.05) is 12.4 Å². The predicted molar refractivity (Wildman–Crippen MR) is 107 cm³/mol. The Morgan fingerprint density at radius 3 is 2.78 bits per heavy atom. The summed E-state index contributed by atoms with van der Waals surface area (Å²) in [6.45, 7) is 3.62. The average molecular weight is 403 g/mol. The van der Waals surface area contributed by atoms with Gasteiger partial charge in [0.05, 0.1) is 39.3 Å². The first-order valence-electron chi connectivity index (χ1n) is 8.02. The third-order valence-corrected chi connectivity index (χ3v) is 4.82. The van der Waals surface area contributed by atoms with E-state index in [0.29, 0.717) is 27.8 Å². The average Bonchev–Trinajstić information content (AvgIpc) is 2.64. The Balaban J connectivity index is 1.97. The van der Waals surface area contributed by atoms with Crippen LogP contribution in [-0.4, -0.2) is 38.2 Å². The molecule has 0 fully saturated rings. The van der Waals surface area contributed by atoms with Gasteiger partial charge in [-0.25, -0.2) is 9.98 Å². The standard InChI is InChI=1S/C18H16Cl2N6O/c1-10-8-22-9-15(23-10)24-14-6-7-26(11(2)17(14)25-21)18(27)12-4-3-5-13(19)16(12)20/h3-9,11H,21H2,1-2H3. The summed E-state index contributed by atoms with van der Waals surface area (Å²) in [5.41, 5.74) is 1.98. The number of benzene rings is 1. The number of carbonyl (C=O) groups excluding carboxylic acids is 1. The molecular formula is C18H16Cl2N6O. The fourth-order valence-electron chi connectivity index (χ4n) is 2.66. The Kier molecular flexibility index (Phi) is 5.53. The molecule has 138 valence electrons. The van der Waals surface area contributed by atoms with Crippen LogP contribution in [0.3, 0.4) is 0 Å². The molecule has 1 amide bonds. The predicted octanol–water partition coefficient (Wildman–Crippen LogP) is 3.54. The normalized spacial score (nSPS) is 19.7. The van der Waals surface area contributed by atoms with Crippen LogP contribution in [0.2, 0.25) is 10.0 Å². The number of nitrogens with two attached hydrogens (primary N) is 1. The van der Waals surface area contributed by atoms with Gasteiger partial charge < -0.3 is 10.7 Å². The van der Waals surface area contributed by atoms with E-state index in [2.05, 4.69) is 20.1 Å². The molecule has 0 spiro atoms. The van der Waals surface area contributed by atoms with E-state index in [1.807, 2.05) is 6.92 Å². The third-order valence-electron chi connectivity index (χ3n) is 4.00. The van der Waals surface area contributed by atoms with E-state index in [1.165, 1.54) is 11.1 Å². The van der Waals surface area contributed by atoms with Crippen molar-refractivity contribution in [2.45, 2.75) is 19.9 Å². The van der Waals surface area contributed by atoms with Crippen molar-refractivity contribution in [1.29, 1.82) is 0 Å². The van der Waals surface area contributed by atoms with E-state index >= 15 is 0 Å². The zero-order chi connectivity index (χ0) is 19.6. The molecule has 1 atom stereocenters. The molecule has 0 saturated carbocycles. The Morgan fingerprint density at radius 1 is 1.30 bits per heavy atom. The minimum Gasteiger partial charge on any atom is -0.323 e. The van der Waals surface area contributed by atoms with Gasteiger partial charge in [0.1, 0.15) is 5.71 Å². The minimum atomic E-state index is -0.459. The summed E-state index contributed by atoms with van der Waals surface area (Å²) >= 11 is 12.2. The number of halogens is 2. The molecule has 2 aromatic rings. The van der Waals surface area contributed by atoms with Crippen molar-refractivity contribution >= 4 is 46.4 Å². The molecular weight excluding hydrogens is 387 g/mol. The van der Waals surface area contributed by atoms with Crippen LogP contribution in [0.1, 0.15) is 23.0 Å². The lowest BCUT2D eigenvalue weighted by atomic mass is 10.0. The van der Waals surface area contributed by atoms with E-state index < -0.39 is 6.04 Å². The Bertz CT molecular complexity index is 986. The van der Waals surface area contributed by atoms with Gasteiger partial charge in [-0.05, 0) is 32.1 Å². The first kappa shape index (κ1) is 19.0. The lowest BCUT2D eigenvalue weighted by Gasteiger charge is -2.30.